The number of pyridine rings is 1. The van der Waals surface area contributed by atoms with Crippen molar-refractivity contribution in [2.24, 2.45) is 0 Å². The van der Waals surface area contributed by atoms with Crippen molar-refractivity contribution in [2.75, 3.05) is 0 Å². The number of hydrogen-bond donors (Lipinski definition) is 0. The maximum absolute atomic E-state index is 11.4. The molecular weight excluding hydrogens is 230 g/mol. The number of hydrogen-bond acceptors (Lipinski definition) is 5. The highest BCUT2D eigenvalue weighted by atomic mass is 16.5. The summed E-state index contributed by atoms with van der Waals surface area (Å²) in [6.07, 6.45) is 4.71. The van der Waals surface area contributed by atoms with E-state index in [4.69, 9.17) is 4.52 Å². The van der Waals surface area contributed by atoms with Gasteiger partial charge in [0.1, 0.15) is 5.78 Å². The molecule has 0 fully saturated rings. The molecule has 0 aliphatic rings. The molecule has 2 aromatic heterocycles. The molecule has 94 valence electrons. The monoisotopic (exact) mass is 245 g/mol. The van der Waals surface area contributed by atoms with Gasteiger partial charge in [0.15, 0.2) is 5.82 Å². The maximum atomic E-state index is 11.4. The molecule has 0 spiro atoms. The summed E-state index contributed by atoms with van der Waals surface area (Å²) >= 11 is 0. The lowest BCUT2D eigenvalue weighted by atomic mass is 10.0. The van der Waals surface area contributed by atoms with E-state index in [1.165, 1.54) is 0 Å². The Morgan fingerprint density at radius 1 is 1.50 bits per heavy atom. The zero-order valence-electron chi connectivity index (χ0n) is 10.5. The van der Waals surface area contributed by atoms with Gasteiger partial charge in [0, 0.05) is 18.8 Å². The van der Waals surface area contributed by atoms with Crippen LogP contribution in [0.4, 0.5) is 0 Å². The first-order valence-electron chi connectivity index (χ1n) is 5.92. The summed E-state index contributed by atoms with van der Waals surface area (Å²) in [5.74, 6) is 0.746. The predicted octanol–water partition coefficient (Wildman–Crippen LogP) is 2.14. The van der Waals surface area contributed by atoms with Crippen LogP contribution in [0.15, 0.2) is 29.0 Å². The molecule has 0 aliphatic heterocycles. The third-order valence-corrected chi connectivity index (χ3v) is 2.77. The van der Waals surface area contributed by atoms with Gasteiger partial charge in [0.05, 0.1) is 5.92 Å². The van der Waals surface area contributed by atoms with Crippen LogP contribution in [0, 0.1) is 0 Å². The van der Waals surface area contributed by atoms with Crippen molar-refractivity contribution in [3.05, 3.63) is 41.8 Å². The van der Waals surface area contributed by atoms with Crippen LogP contribution >= 0.6 is 0 Å². The quantitative estimate of drug-likeness (QED) is 0.807. The van der Waals surface area contributed by atoms with E-state index < -0.39 is 0 Å². The molecule has 2 aromatic rings. The van der Waals surface area contributed by atoms with Crippen molar-refractivity contribution >= 4 is 5.78 Å². The fourth-order valence-corrected chi connectivity index (χ4v) is 1.80. The first-order chi connectivity index (χ1) is 8.70. The van der Waals surface area contributed by atoms with E-state index in [-0.39, 0.29) is 11.7 Å². The van der Waals surface area contributed by atoms with Crippen molar-refractivity contribution < 1.29 is 9.32 Å². The number of aromatic nitrogens is 3. The van der Waals surface area contributed by atoms with Crippen LogP contribution in [0.5, 0.6) is 0 Å². The Morgan fingerprint density at radius 3 is 2.94 bits per heavy atom. The lowest BCUT2D eigenvalue weighted by Gasteiger charge is -2.03. The molecule has 0 amide bonds. The Labute approximate surface area is 105 Å². The van der Waals surface area contributed by atoms with Gasteiger partial charge in [-0.15, -0.1) is 0 Å². The van der Waals surface area contributed by atoms with Crippen LogP contribution in [0.2, 0.25) is 0 Å². The molecule has 0 radical (unpaired) electrons. The van der Waals surface area contributed by atoms with E-state index in [2.05, 4.69) is 15.1 Å². The van der Waals surface area contributed by atoms with E-state index in [1.807, 2.05) is 19.1 Å². The van der Waals surface area contributed by atoms with Gasteiger partial charge >= 0.3 is 0 Å². The van der Waals surface area contributed by atoms with Gasteiger partial charge in [-0.25, -0.2) is 0 Å². The number of carbonyl (C=O) groups excluding carboxylic acids is 1. The van der Waals surface area contributed by atoms with Crippen molar-refractivity contribution in [3.8, 4) is 0 Å². The lowest BCUT2D eigenvalue weighted by Crippen LogP contribution is -2.08. The number of nitrogens with zero attached hydrogens (tertiary/aromatic N) is 3. The van der Waals surface area contributed by atoms with Gasteiger partial charge < -0.3 is 4.52 Å². The molecule has 0 N–H and O–H groups in total. The maximum Gasteiger partial charge on any atom is 0.237 e. The highest BCUT2D eigenvalue weighted by molar-refractivity contribution is 5.82. The van der Waals surface area contributed by atoms with Crippen LogP contribution in [-0.2, 0) is 11.2 Å². The number of Topliss-reactive ketones (excluding diaryl/α,β-unsaturated/α-hetero) is 1. The van der Waals surface area contributed by atoms with Gasteiger partial charge in [-0.05, 0) is 25.0 Å². The van der Waals surface area contributed by atoms with Crippen LogP contribution in [0.3, 0.4) is 0 Å². The predicted molar refractivity (Wildman–Crippen MR) is 65.1 cm³/mol. The molecule has 2 heterocycles. The molecule has 2 rings (SSSR count). The fraction of sp³-hybridized carbons (Fsp3) is 0.385. The molecule has 0 aliphatic carbocycles. The first-order valence-corrected chi connectivity index (χ1v) is 5.92. The van der Waals surface area contributed by atoms with Crippen molar-refractivity contribution in [2.45, 2.75) is 32.6 Å². The van der Waals surface area contributed by atoms with Crippen LogP contribution in [0.25, 0.3) is 0 Å². The smallest absolute Gasteiger partial charge is 0.237 e. The summed E-state index contributed by atoms with van der Waals surface area (Å²) in [6.45, 7) is 3.47. The summed E-state index contributed by atoms with van der Waals surface area (Å²) in [5.41, 5.74) is 1.01. The summed E-state index contributed by atoms with van der Waals surface area (Å²) < 4.78 is 5.15. The number of rotatable bonds is 5. The Bertz CT molecular complexity index is 522. The van der Waals surface area contributed by atoms with E-state index >= 15 is 0 Å². The molecule has 0 bridgehead atoms. The van der Waals surface area contributed by atoms with Crippen molar-refractivity contribution in [1.29, 1.82) is 0 Å². The third kappa shape index (κ3) is 2.80. The van der Waals surface area contributed by atoms with Crippen molar-refractivity contribution in [1.82, 2.24) is 15.1 Å². The molecule has 5 nitrogen and oxygen atoms in total. The minimum Gasteiger partial charge on any atom is -0.339 e. The van der Waals surface area contributed by atoms with E-state index in [0.717, 1.165) is 5.56 Å². The molecule has 18 heavy (non-hydrogen) atoms. The molecule has 1 atom stereocenters. The second-order valence-electron chi connectivity index (χ2n) is 4.16. The minimum atomic E-state index is -0.292. The summed E-state index contributed by atoms with van der Waals surface area (Å²) in [6, 6.07) is 3.81. The number of carbonyl (C=O) groups is 1. The second-order valence-corrected chi connectivity index (χ2v) is 4.16. The Hall–Kier alpha value is -2.04. The fourth-order valence-electron chi connectivity index (χ4n) is 1.80. The molecule has 5 heteroatoms. The molecule has 0 aromatic carbocycles. The normalized spacial score (nSPS) is 12.3. The summed E-state index contributed by atoms with van der Waals surface area (Å²) in [4.78, 5) is 19.7. The van der Waals surface area contributed by atoms with E-state index in [1.54, 1.807) is 19.3 Å². The van der Waals surface area contributed by atoms with Crippen LogP contribution < -0.4 is 0 Å². The van der Waals surface area contributed by atoms with E-state index in [9.17, 15) is 4.79 Å². The number of ketones is 1. The molecule has 0 saturated heterocycles. The standard InChI is InChI=1S/C13H15N3O2/c1-3-11(9(2)17)13-15-12(16-18-13)7-10-5-4-6-14-8-10/h4-6,8,11H,3,7H2,1-2H3. The lowest BCUT2D eigenvalue weighted by molar-refractivity contribution is -0.119. The topological polar surface area (TPSA) is 68.9 Å². The van der Waals surface area contributed by atoms with E-state index in [0.29, 0.717) is 24.6 Å². The average molecular weight is 245 g/mol. The van der Waals surface area contributed by atoms with Crippen LogP contribution in [-0.4, -0.2) is 20.9 Å². The highest BCUT2D eigenvalue weighted by Gasteiger charge is 2.21. The highest BCUT2D eigenvalue weighted by Crippen LogP contribution is 2.19. The molecular formula is C13H15N3O2. The van der Waals surface area contributed by atoms with Gasteiger partial charge in [-0.3, -0.25) is 9.78 Å². The Balaban J connectivity index is 2.13. The zero-order chi connectivity index (χ0) is 13.0. The third-order valence-electron chi connectivity index (χ3n) is 2.77. The second kappa shape index (κ2) is 5.53. The van der Waals surface area contributed by atoms with Gasteiger partial charge in [-0.1, -0.05) is 18.1 Å². The minimum absolute atomic E-state index is 0.0501. The van der Waals surface area contributed by atoms with Gasteiger partial charge in [0.2, 0.25) is 5.89 Å². The summed E-state index contributed by atoms with van der Waals surface area (Å²) in [5, 5.41) is 3.90. The van der Waals surface area contributed by atoms with Crippen molar-refractivity contribution in [3.63, 3.8) is 0 Å². The molecule has 1 unspecified atom stereocenters. The zero-order valence-corrected chi connectivity index (χ0v) is 10.5. The van der Waals surface area contributed by atoms with Crippen LogP contribution in [0.1, 0.15) is 43.5 Å². The van der Waals surface area contributed by atoms with Gasteiger partial charge in [0.25, 0.3) is 0 Å². The average Bonchev–Trinajstić information content (AvgIpc) is 2.79. The first kappa shape index (κ1) is 12.4. The molecule has 0 saturated carbocycles. The summed E-state index contributed by atoms with van der Waals surface area (Å²) in [7, 11) is 0. The largest absolute Gasteiger partial charge is 0.339 e. The Kier molecular flexibility index (Phi) is 3.82. The SMILES string of the molecule is CCC(C(C)=O)c1nc(Cc2cccnc2)no1. The Morgan fingerprint density at radius 2 is 2.33 bits per heavy atom. The van der Waals surface area contributed by atoms with Gasteiger partial charge in [-0.2, -0.15) is 4.98 Å².